The summed E-state index contributed by atoms with van der Waals surface area (Å²) in [4.78, 5) is 39.3. The number of carboxylic acids is 1. The molecule has 12 nitrogen and oxygen atoms in total. The lowest BCUT2D eigenvalue weighted by atomic mass is 10.1. The number of carbonyl (C=O) groups excluding carboxylic acids is 2. The summed E-state index contributed by atoms with van der Waals surface area (Å²) in [5.41, 5.74) is 0.383. The molecule has 0 bridgehead atoms. The predicted molar refractivity (Wildman–Crippen MR) is 109 cm³/mol. The fourth-order valence-electron chi connectivity index (χ4n) is 2.63. The molecule has 31 heavy (non-hydrogen) atoms. The minimum Gasteiger partial charge on any atom is -0.508 e. The Morgan fingerprint density at radius 1 is 1.32 bits per heavy atom. The maximum atomic E-state index is 12.4. The van der Waals surface area contributed by atoms with Gasteiger partial charge >= 0.3 is 5.97 Å². The second-order valence-electron chi connectivity index (χ2n) is 6.68. The van der Waals surface area contributed by atoms with Crippen molar-refractivity contribution in [3.8, 4) is 18.1 Å². The third-order valence-corrected chi connectivity index (χ3v) is 4.11. The first-order chi connectivity index (χ1) is 14.7. The third kappa shape index (κ3) is 7.50. The first-order valence-corrected chi connectivity index (χ1v) is 9.19. The summed E-state index contributed by atoms with van der Waals surface area (Å²) in [5.74, 6) is -0.623. The standard InChI is InChI=1S/C19H23N5O7/c1-2-15(27)14(6-17(29)30)24-16(28)9-20-18(31)10-3-11(5-12(25)4-10)23-19-21-7-13(26)8-22-19/h1,3-5,13-15,25-27H,6-9H2,(H,20,31)(H,24,28)(H,29,30)(H2,21,22,23). The molecular formula is C19H23N5O7. The molecule has 0 fully saturated rings. The molecule has 1 aliphatic heterocycles. The molecule has 0 saturated heterocycles. The summed E-state index contributed by atoms with van der Waals surface area (Å²) in [6, 6.07) is 2.74. The van der Waals surface area contributed by atoms with E-state index in [0.29, 0.717) is 18.2 Å². The van der Waals surface area contributed by atoms with Crippen LogP contribution in [0.25, 0.3) is 0 Å². The Balaban J connectivity index is 1.97. The van der Waals surface area contributed by atoms with Crippen LogP contribution in [0.1, 0.15) is 16.8 Å². The van der Waals surface area contributed by atoms with Crippen molar-refractivity contribution in [2.75, 3.05) is 25.0 Å². The van der Waals surface area contributed by atoms with Crippen LogP contribution in [0.5, 0.6) is 5.75 Å². The fraction of sp³-hybridized carbons (Fsp3) is 0.368. The molecule has 3 atom stereocenters. The molecule has 0 spiro atoms. The zero-order valence-electron chi connectivity index (χ0n) is 16.3. The highest BCUT2D eigenvalue weighted by molar-refractivity contribution is 6.00. The van der Waals surface area contributed by atoms with Crippen LogP contribution < -0.4 is 21.3 Å². The van der Waals surface area contributed by atoms with Crippen molar-refractivity contribution < 1.29 is 34.8 Å². The van der Waals surface area contributed by atoms with Gasteiger partial charge in [0.1, 0.15) is 11.9 Å². The van der Waals surface area contributed by atoms with Crippen molar-refractivity contribution in [2.24, 2.45) is 4.99 Å². The van der Waals surface area contributed by atoms with Crippen molar-refractivity contribution in [2.45, 2.75) is 24.7 Å². The highest BCUT2D eigenvalue weighted by Crippen LogP contribution is 2.20. The van der Waals surface area contributed by atoms with Gasteiger partial charge in [0.05, 0.1) is 31.7 Å². The number of rotatable bonds is 8. The van der Waals surface area contributed by atoms with Gasteiger partial charge in [0.25, 0.3) is 5.91 Å². The van der Waals surface area contributed by atoms with E-state index in [1.54, 1.807) is 0 Å². The lowest BCUT2D eigenvalue weighted by Crippen LogP contribution is -2.47. The Bertz CT molecular complexity index is 911. The maximum absolute atomic E-state index is 12.4. The van der Waals surface area contributed by atoms with E-state index in [9.17, 15) is 29.7 Å². The van der Waals surface area contributed by atoms with Crippen LogP contribution in [-0.2, 0) is 9.59 Å². The quantitative estimate of drug-likeness (QED) is 0.210. The topological polar surface area (TPSA) is 193 Å². The van der Waals surface area contributed by atoms with Crippen molar-refractivity contribution in [1.82, 2.24) is 16.0 Å². The molecule has 12 heteroatoms. The number of phenolic OH excluding ortho intramolecular Hbond substituents is 1. The molecule has 3 unspecified atom stereocenters. The van der Waals surface area contributed by atoms with Gasteiger partial charge in [-0.15, -0.1) is 6.42 Å². The molecule has 0 radical (unpaired) electrons. The molecule has 2 amide bonds. The number of aliphatic hydroxyl groups is 2. The number of benzene rings is 1. The largest absolute Gasteiger partial charge is 0.508 e. The summed E-state index contributed by atoms with van der Waals surface area (Å²) in [6.07, 6.45) is 2.36. The van der Waals surface area contributed by atoms with Crippen molar-refractivity contribution in [3.05, 3.63) is 23.8 Å². The number of aliphatic imine (C=N–C) groups is 1. The lowest BCUT2D eigenvalue weighted by molar-refractivity contribution is -0.138. The molecular weight excluding hydrogens is 410 g/mol. The number of hydrogen-bond acceptors (Lipinski definition) is 9. The van der Waals surface area contributed by atoms with E-state index in [1.807, 2.05) is 5.92 Å². The van der Waals surface area contributed by atoms with Crippen LogP contribution in [0.3, 0.4) is 0 Å². The van der Waals surface area contributed by atoms with Gasteiger partial charge in [-0.3, -0.25) is 19.4 Å². The highest BCUT2D eigenvalue weighted by atomic mass is 16.4. The number of aliphatic carboxylic acids is 1. The average Bonchev–Trinajstić information content (AvgIpc) is 2.71. The average molecular weight is 433 g/mol. The summed E-state index contributed by atoms with van der Waals surface area (Å²) >= 11 is 0. The Morgan fingerprint density at radius 2 is 2.06 bits per heavy atom. The molecule has 0 saturated carbocycles. The summed E-state index contributed by atoms with van der Waals surface area (Å²) in [6.45, 7) is -0.0188. The van der Waals surface area contributed by atoms with Gasteiger partial charge in [-0.2, -0.15) is 0 Å². The van der Waals surface area contributed by atoms with E-state index in [2.05, 4.69) is 26.3 Å². The van der Waals surface area contributed by atoms with E-state index in [4.69, 9.17) is 11.5 Å². The number of amides is 2. The lowest BCUT2D eigenvalue weighted by Gasteiger charge is -2.20. The zero-order valence-corrected chi connectivity index (χ0v) is 16.3. The maximum Gasteiger partial charge on any atom is 0.305 e. The van der Waals surface area contributed by atoms with E-state index in [-0.39, 0.29) is 17.9 Å². The van der Waals surface area contributed by atoms with Gasteiger partial charge < -0.3 is 41.7 Å². The number of aromatic hydroxyl groups is 1. The molecule has 2 rings (SSSR count). The number of hydrogen-bond donors (Lipinski definition) is 8. The van der Waals surface area contributed by atoms with Crippen molar-refractivity contribution in [3.63, 3.8) is 0 Å². The summed E-state index contributed by atoms with van der Waals surface area (Å²) in [7, 11) is 0. The SMILES string of the molecule is C#CC(O)C(CC(=O)O)NC(=O)CNC(=O)c1cc(O)cc(NC2=NCC(O)CN2)c1. The van der Waals surface area contributed by atoms with Crippen LogP contribution in [0.2, 0.25) is 0 Å². The van der Waals surface area contributed by atoms with E-state index in [0.717, 1.165) is 0 Å². The van der Waals surface area contributed by atoms with Gasteiger partial charge in [0, 0.05) is 23.9 Å². The highest BCUT2D eigenvalue weighted by Gasteiger charge is 2.23. The molecule has 1 aromatic carbocycles. The first kappa shape index (κ1) is 23.5. The number of terminal acetylenes is 1. The number of nitrogens with zero attached hydrogens (tertiary/aromatic N) is 1. The number of guanidine groups is 1. The molecule has 1 aliphatic rings. The summed E-state index contributed by atoms with van der Waals surface area (Å²) in [5, 5.41) is 48.1. The number of carbonyl (C=O) groups is 3. The smallest absolute Gasteiger partial charge is 0.305 e. The van der Waals surface area contributed by atoms with E-state index >= 15 is 0 Å². The van der Waals surface area contributed by atoms with E-state index < -0.39 is 49.0 Å². The minimum atomic E-state index is -1.51. The van der Waals surface area contributed by atoms with Crippen molar-refractivity contribution >= 4 is 29.4 Å². The first-order valence-electron chi connectivity index (χ1n) is 9.19. The van der Waals surface area contributed by atoms with Crippen LogP contribution in [0.4, 0.5) is 5.69 Å². The Labute approximate surface area is 177 Å². The fourth-order valence-corrected chi connectivity index (χ4v) is 2.63. The number of aliphatic hydroxyl groups excluding tert-OH is 2. The van der Waals surface area contributed by atoms with Gasteiger partial charge in [0.2, 0.25) is 5.91 Å². The Morgan fingerprint density at radius 3 is 2.68 bits per heavy atom. The number of phenols is 1. The molecule has 166 valence electrons. The number of anilines is 1. The summed E-state index contributed by atoms with van der Waals surface area (Å²) < 4.78 is 0. The molecule has 1 aromatic rings. The second-order valence-corrected chi connectivity index (χ2v) is 6.68. The zero-order chi connectivity index (χ0) is 23.0. The number of β-amino-alcohol motifs (C(OH)–C–C–N with tert-alkyl or cyclic N) is 1. The molecule has 0 aromatic heterocycles. The van der Waals surface area contributed by atoms with Gasteiger partial charge in [-0.1, -0.05) is 5.92 Å². The third-order valence-electron chi connectivity index (χ3n) is 4.11. The van der Waals surface area contributed by atoms with Crippen LogP contribution in [0.15, 0.2) is 23.2 Å². The van der Waals surface area contributed by atoms with Crippen molar-refractivity contribution in [1.29, 1.82) is 0 Å². The van der Waals surface area contributed by atoms with Gasteiger partial charge in [0.15, 0.2) is 5.96 Å². The Kier molecular flexibility index (Phi) is 8.18. The molecule has 8 N–H and O–H groups in total. The van der Waals surface area contributed by atoms with Crippen LogP contribution in [0, 0.1) is 12.3 Å². The second kappa shape index (κ2) is 10.8. The predicted octanol–water partition coefficient (Wildman–Crippen LogP) is -2.19. The Hall–Kier alpha value is -3.82. The van der Waals surface area contributed by atoms with Gasteiger partial charge in [-0.25, -0.2) is 0 Å². The number of carboxylic acid groups (broad SMARTS) is 1. The number of nitrogens with one attached hydrogen (secondary N) is 4. The van der Waals surface area contributed by atoms with Crippen LogP contribution >= 0.6 is 0 Å². The van der Waals surface area contributed by atoms with Crippen LogP contribution in [-0.4, -0.2) is 82.1 Å². The molecule has 1 heterocycles. The minimum absolute atomic E-state index is 0.0393. The van der Waals surface area contributed by atoms with E-state index in [1.165, 1.54) is 18.2 Å². The molecule has 0 aliphatic carbocycles. The normalized spacial score (nSPS) is 17.2. The van der Waals surface area contributed by atoms with Gasteiger partial charge in [-0.05, 0) is 12.1 Å². The monoisotopic (exact) mass is 433 g/mol.